The monoisotopic (exact) mass is 264 g/mol. The van der Waals surface area contributed by atoms with Crippen molar-refractivity contribution in [2.45, 2.75) is 19.3 Å². The second kappa shape index (κ2) is 6.63. The first kappa shape index (κ1) is 14.0. The highest BCUT2D eigenvalue weighted by Gasteiger charge is 2.32. The van der Waals surface area contributed by atoms with Gasteiger partial charge in [-0.1, -0.05) is 0 Å². The van der Waals surface area contributed by atoms with E-state index >= 15 is 0 Å². The van der Waals surface area contributed by atoms with Crippen LogP contribution < -0.4 is 5.32 Å². The third kappa shape index (κ3) is 4.01. The Balaban J connectivity index is 1.82. The first-order valence-electron chi connectivity index (χ1n) is 6.58. The fourth-order valence-corrected chi connectivity index (χ4v) is 2.23. The molecule has 5 nitrogen and oxygen atoms in total. The van der Waals surface area contributed by atoms with E-state index in [4.69, 9.17) is 4.74 Å². The van der Waals surface area contributed by atoms with Crippen molar-refractivity contribution in [1.29, 1.82) is 0 Å². The second-order valence-corrected chi connectivity index (χ2v) is 5.08. The van der Waals surface area contributed by atoms with Gasteiger partial charge in [0.25, 0.3) is 0 Å². The normalized spacial score (nSPS) is 17.9. The molecule has 1 aromatic rings. The lowest BCUT2D eigenvalue weighted by molar-refractivity contribution is -0.121. The molecule has 1 amide bonds. The maximum absolute atomic E-state index is 11.9. The summed E-state index contributed by atoms with van der Waals surface area (Å²) in [7, 11) is 0. The summed E-state index contributed by atoms with van der Waals surface area (Å²) in [5.74, 6) is -0.0227. The minimum atomic E-state index is -0.216. The maximum atomic E-state index is 11.9. The van der Waals surface area contributed by atoms with Crippen LogP contribution in [0.5, 0.6) is 0 Å². The smallest absolute Gasteiger partial charge is 0.224 e. The average Bonchev–Trinajstić information content (AvgIpc) is 2.47. The number of hydrogen-bond donors (Lipinski definition) is 2. The van der Waals surface area contributed by atoms with E-state index in [9.17, 15) is 9.90 Å². The Bertz CT molecular complexity index is 402. The van der Waals surface area contributed by atoms with Crippen LogP contribution in [0.15, 0.2) is 24.5 Å². The molecule has 2 heterocycles. The van der Waals surface area contributed by atoms with Gasteiger partial charge in [0, 0.05) is 37.6 Å². The summed E-state index contributed by atoms with van der Waals surface area (Å²) < 4.78 is 5.30. The Morgan fingerprint density at radius 1 is 1.37 bits per heavy atom. The lowest BCUT2D eigenvalue weighted by Crippen LogP contribution is -2.44. The molecule has 1 aromatic heterocycles. The van der Waals surface area contributed by atoms with E-state index in [0.717, 1.165) is 18.4 Å². The van der Waals surface area contributed by atoms with E-state index in [-0.39, 0.29) is 17.9 Å². The topological polar surface area (TPSA) is 71.5 Å². The Hall–Kier alpha value is -1.46. The van der Waals surface area contributed by atoms with Crippen molar-refractivity contribution in [3.8, 4) is 0 Å². The lowest BCUT2D eigenvalue weighted by Gasteiger charge is -2.35. The third-order valence-electron chi connectivity index (χ3n) is 3.66. The summed E-state index contributed by atoms with van der Waals surface area (Å²) in [5, 5.41) is 12.4. The Morgan fingerprint density at radius 3 is 2.68 bits per heavy atom. The number of amides is 1. The maximum Gasteiger partial charge on any atom is 0.224 e. The van der Waals surface area contributed by atoms with Gasteiger partial charge in [-0.05, 0) is 30.5 Å². The zero-order chi connectivity index (χ0) is 13.6. The van der Waals surface area contributed by atoms with Crippen LogP contribution >= 0.6 is 0 Å². The number of nitrogens with zero attached hydrogens (tertiary/aromatic N) is 1. The van der Waals surface area contributed by atoms with Gasteiger partial charge in [-0.25, -0.2) is 0 Å². The molecule has 0 radical (unpaired) electrons. The van der Waals surface area contributed by atoms with Crippen molar-refractivity contribution in [3.05, 3.63) is 30.1 Å². The van der Waals surface area contributed by atoms with Gasteiger partial charge in [0.1, 0.15) is 0 Å². The largest absolute Gasteiger partial charge is 0.396 e. The zero-order valence-electron chi connectivity index (χ0n) is 11.0. The quantitative estimate of drug-likeness (QED) is 0.814. The van der Waals surface area contributed by atoms with Gasteiger partial charge in [0.05, 0.1) is 13.0 Å². The molecule has 104 valence electrons. The molecule has 2 N–H and O–H groups in total. The Kier molecular flexibility index (Phi) is 4.87. The molecular weight excluding hydrogens is 244 g/mol. The van der Waals surface area contributed by atoms with Gasteiger partial charge in [0.2, 0.25) is 5.91 Å². The molecule has 0 saturated carbocycles. The van der Waals surface area contributed by atoms with Gasteiger partial charge in [-0.2, -0.15) is 0 Å². The van der Waals surface area contributed by atoms with E-state index in [0.29, 0.717) is 26.2 Å². The van der Waals surface area contributed by atoms with Gasteiger partial charge in [0.15, 0.2) is 0 Å². The zero-order valence-corrected chi connectivity index (χ0v) is 11.0. The van der Waals surface area contributed by atoms with Crippen molar-refractivity contribution in [2.75, 3.05) is 26.4 Å². The predicted molar refractivity (Wildman–Crippen MR) is 70.5 cm³/mol. The van der Waals surface area contributed by atoms with E-state index in [1.165, 1.54) is 0 Å². The van der Waals surface area contributed by atoms with Crippen LogP contribution in [-0.4, -0.2) is 42.4 Å². The van der Waals surface area contributed by atoms with Gasteiger partial charge < -0.3 is 15.2 Å². The van der Waals surface area contributed by atoms with Crippen molar-refractivity contribution < 1.29 is 14.6 Å². The minimum Gasteiger partial charge on any atom is -0.396 e. The summed E-state index contributed by atoms with van der Waals surface area (Å²) >= 11 is 0. The number of nitrogens with one attached hydrogen (secondary N) is 1. The molecule has 1 saturated heterocycles. The first-order chi connectivity index (χ1) is 9.24. The molecule has 2 rings (SSSR count). The van der Waals surface area contributed by atoms with Gasteiger partial charge in [-0.3, -0.25) is 9.78 Å². The van der Waals surface area contributed by atoms with E-state index in [1.807, 2.05) is 12.1 Å². The van der Waals surface area contributed by atoms with Gasteiger partial charge in [-0.15, -0.1) is 0 Å². The highest BCUT2D eigenvalue weighted by molar-refractivity contribution is 5.78. The minimum absolute atomic E-state index is 0.0227. The number of rotatable bonds is 5. The molecule has 1 fully saturated rings. The molecule has 1 aliphatic rings. The summed E-state index contributed by atoms with van der Waals surface area (Å²) in [6.45, 7) is 1.91. The molecule has 19 heavy (non-hydrogen) atoms. The number of ether oxygens (including phenoxy) is 1. The van der Waals surface area contributed by atoms with E-state index in [2.05, 4.69) is 10.3 Å². The molecule has 0 unspecified atom stereocenters. The fraction of sp³-hybridized carbons (Fsp3) is 0.571. The fourth-order valence-electron chi connectivity index (χ4n) is 2.23. The van der Waals surface area contributed by atoms with E-state index in [1.54, 1.807) is 12.4 Å². The van der Waals surface area contributed by atoms with Crippen LogP contribution in [0.3, 0.4) is 0 Å². The van der Waals surface area contributed by atoms with Crippen molar-refractivity contribution >= 4 is 5.91 Å². The SMILES string of the molecule is O=C(Cc1ccncc1)NCC1(CO)CCOCC1. The molecule has 0 aromatic carbocycles. The van der Waals surface area contributed by atoms with Gasteiger partial charge >= 0.3 is 0 Å². The summed E-state index contributed by atoms with van der Waals surface area (Å²) in [6.07, 6.45) is 5.28. The molecular formula is C14H20N2O3. The number of pyridine rings is 1. The van der Waals surface area contributed by atoms with Crippen molar-refractivity contribution in [3.63, 3.8) is 0 Å². The van der Waals surface area contributed by atoms with Crippen LogP contribution in [0.2, 0.25) is 0 Å². The first-order valence-corrected chi connectivity index (χ1v) is 6.58. The Labute approximate surface area is 113 Å². The third-order valence-corrected chi connectivity index (χ3v) is 3.66. The molecule has 5 heteroatoms. The van der Waals surface area contributed by atoms with Crippen molar-refractivity contribution in [2.24, 2.45) is 5.41 Å². The lowest BCUT2D eigenvalue weighted by atomic mass is 9.81. The predicted octanol–water partition coefficient (Wildman–Crippen LogP) is 0.529. The number of aromatic nitrogens is 1. The molecule has 0 bridgehead atoms. The number of aliphatic hydroxyl groups is 1. The number of carbonyl (C=O) groups is 1. The molecule has 0 spiro atoms. The highest BCUT2D eigenvalue weighted by Crippen LogP contribution is 2.28. The Morgan fingerprint density at radius 2 is 2.05 bits per heavy atom. The summed E-state index contributed by atoms with van der Waals surface area (Å²) in [6, 6.07) is 3.66. The van der Waals surface area contributed by atoms with Crippen LogP contribution in [0, 0.1) is 5.41 Å². The second-order valence-electron chi connectivity index (χ2n) is 5.08. The summed E-state index contributed by atoms with van der Waals surface area (Å²) in [4.78, 5) is 15.8. The van der Waals surface area contributed by atoms with Crippen LogP contribution in [-0.2, 0) is 16.0 Å². The van der Waals surface area contributed by atoms with Crippen LogP contribution in [0.25, 0.3) is 0 Å². The number of aliphatic hydroxyl groups excluding tert-OH is 1. The molecule has 0 atom stereocenters. The molecule has 0 aliphatic carbocycles. The van der Waals surface area contributed by atoms with Crippen LogP contribution in [0.4, 0.5) is 0 Å². The average molecular weight is 264 g/mol. The number of carbonyl (C=O) groups excluding carboxylic acids is 1. The van der Waals surface area contributed by atoms with E-state index < -0.39 is 0 Å². The van der Waals surface area contributed by atoms with Crippen LogP contribution in [0.1, 0.15) is 18.4 Å². The highest BCUT2D eigenvalue weighted by atomic mass is 16.5. The number of hydrogen-bond acceptors (Lipinski definition) is 4. The standard InChI is InChI=1S/C14H20N2O3/c17-11-14(3-7-19-8-4-14)10-16-13(18)9-12-1-5-15-6-2-12/h1-2,5-6,17H,3-4,7-11H2,(H,16,18). The summed E-state index contributed by atoms with van der Waals surface area (Å²) in [5.41, 5.74) is 0.726. The molecule has 1 aliphatic heterocycles. The van der Waals surface area contributed by atoms with Crippen molar-refractivity contribution in [1.82, 2.24) is 10.3 Å².